The Kier molecular flexibility index (Phi) is 7.92. The second-order valence-corrected chi connectivity index (χ2v) is 7.16. The monoisotopic (exact) mass is 462 g/mol. The van der Waals surface area contributed by atoms with Gasteiger partial charge in [-0.1, -0.05) is 12.8 Å². The van der Waals surface area contributed by atoms with Crippen LogP contribution >= 0.6 is 24.0 Å². The summed E-state index contributed by atoms with van der Waals surface area (Å²) in [6.45, 7) is 2.47. The van der Waals surface area contributed by atoms with E-state index in [2.05, 4.69) is 20.8 Å². The standard InChI is InChI=1S/C17H30N6O.HI/c1-12-21-22-16(23(12)2)11-18-17(19-13-5-3-4-6-13)20-14-7-9-15(24)10-8-14;/h13-15,24H,3-11H2,1-2H3,(H2,18,19,20);1H. The fourth-order valence-corrected chi connectivity index (χ4v) is 3.55. The van der Waals surface area contributed by atoms with Crippen molar-refractivity contribution in [2.24, 2.45) is 12.0 Å². The Morgan fingerprint density at radius 1 is 1.08 bits per heavy atom. The summed E-state index contributed by atoms with van der Waals surface area (Å²) < 4.78 is 1.98. The molecule has 0 radical (unpaired) electrons. The first-order valence-corrected chi connectivity index (χ1v) is 9.22. The minimum Gasteiger partial charge on any atom is -0.393 e. The van der Waals surface area contributed by atoms with E-state index in [1.54, 1.807) is 0 Å². The first-order chi connectivity index (χ1) is 11.6. The van der Waals surface area contributed by atoms with Gasteiger partial charge in [0.15, 0.2) is 11.8 Å². The lowest BCUT2D eigenvalue weighted by molar-refractivity contribution is 0.120. The zero-order valence-electron chi connectivity index (χ0n) is 15.2. The fourth-order valence-electron chi connectivity index (χ4n) is 3.55. The summed E-state index contributed by atoms with van der Waals surface area (Å²) in [6.07, 6.45) is 8.62. The van der Waals surface area contributed by atoms with Crippen molar-refractivity contribution >= 4 is 29.9 Å². The molecule has 3 rings (SSSR count). The van der Waals surface area contributed by atoms with Crippen LogP contribution in [-0.4, -0.2) is 44.0 Å². The van der Waals surface area contributed by atoms with Crippen molar-refractivity contribution in [1.29, 1.82) is 0 Å². The average Bonchev–Trinajstić information content (AvgIpc) is 3.19. The molecule has 1 heterocycles. The van der Waals surface area contributed by atoms with Crippen LogP contribution in [0.15, 0.2) is 4.99 Å². The molecular weight excluding hydrogens is 431 g/mol. The number of aliphatic imine (C=N–C) groups is 1. The van der Waals surface area contributed by atoms with Crippen LogP contribution in [0.1, 0.15) is 63.0 Å². The lowest BCUT2D eigenvalue weighted by atomic mass is 9.93. The Balaban J connectivity index is 0.00000225. The van der Waals surface area contributed by atoms with E-state index in [9.17, 15) is 5.11 Å². The summed E-state index contributed by atoms with van der Waals surface area (Å²) in [7, 11) is 1.97. The number of nitrogens with one attached hydrogen (secondary N) is 2. The van der Waals surface area contributed by atoms with Gasteiger partial charge in [-0.3, -0.25) is 0 Å². The Morgan fingerprint density at radius 3 is 2.24 bits per heavy atom. The molecule has 2 aliphatic rings. The minimum absolute atomic E-state index is 0. The second-order valence-electron chi connectivity index (χ2n) is 7.16. The Hall–Kier alpha value is -0.900. The van der Waals surface area contributed by atoms with Gasteiger partial charge in [0.25, 0.3) is 0 Å². The molecule has 0 saturated heterocycles. The molecule has 8 heteroatoms. The third-order valence-corrected chi connectivity index (χ3v) is 5.29. The van der Waals surface area contributed by atoms with Crippen molar-refractivity contribution in [1.82, 2.24) is 25.4 Å². The molecule has 2 fully saturated rings. The maximum atomic E-state index is 9.68. The van der Waals surface area contributed by atoms with Crippen LogP contribution in [-0.2, 0) is 13.6 Å². The lowest BCUT2D eigenvalue weighted by Gasteiger charge is -2.28. The number of nitrogens with zero attached hydrogens (tertiary/aromatic N) is 4. The van der Waals surface area contributed by atoms with Crippen LogP contribution in [0.5, 0.6) is 0 Å². The van der Waals surface area contributed by atoms with E-state index in [4.69, 9.17) is 4.99 Å². The van der Waals surface area contributed by atoms with Gasteiger partial charge in [-0.15, -0.1) is 34.2 Å². The Labute approximate surface area is 167 Å². The highest BCUT2D eigenvalue weighted by molar-refractivity contribution is 14.0. The van der Waals surface area contributed by atoms with Crippen LogP contribution < -0.4 is 10.6 Å². The van der Waals surface area contributed by atoms with E-state index in [0.29, 0.717) is 18.6 Å². The number of aryl methyl sites for hydroxylation is 1. The Morgan fingerprint density at radius 2 is 1.68 bits per heavy atom. The lowest BCUT2D eigenvalue weighted by Crippen LogP contribution is -2.48. The number of aliphatic hydroxyl groups excluding tert-OH is 1. The molecule has 25 heavy (non-hydrogen) atoms. The van der Waals surface area contributed by atoms with Crippen molar-refractivity contribution in [3.63, 3.8) is 0 Å². The minimum atomic E-state index is -0.132. The summed E-state index contributed by atoms with van der Waals surface area (Å²) in [5, 5.41) is 25.1. The van der Waals surface area contributed by atoms with Gasteiger partial charge in [0.1, 0.15) is 12.4 Å². The van der Waals surface area contributed by atoms with Gasteiger partial charge in [-0.25, -0.2) is 4.99 Å². The van der Waals surface area contributed by atoms with Crippen LogP contribution in [0.3, 0.4) is 0 Å². The van der Waals surface area contributed by atoms with Gasteiger partial charge < -0.3 is 20.3 Å². The molecule has 0 aliphatic heterocycles. The zero-order valence-corrected chi connectivity index (χ0v) is 17.6. The summed E-state index contributed by atoms with van der Waals surface area (Å²) in [5.41, 5.74) is 0. The molecule has 3 N–H and O–H groups in total. The highest BCUT2D eigenvalue weighted by atomic mass is 127. The highest BCUT2D eigenvalue weighted by Gasteiger charge is 2.22. The van der Waals surface area contributed by atoms with E-state index in [1.165, 1.54) is 25.7 Å². The van der Waals surface area contributed by atoms with Crippen LogP contribution in [0.25, 0.3) is 0 Å². The Bertz CT molecular complexity index is 561. The van der Waals surface area contributed by atoms with Crippen molar-refractivity contribution < 1.29 is 5.11 Å². The van der Waals surface area contributed by atoms with Crippen molar-refractivity contribution in [3.05, 3.63) is 11.6 Å². The van der Waals surface area contributed by atoms with Crippen molar-refractivity contribution in [2.75, 3.05) is 0 Å². The van der Waals surface area contributed by atoms with E-state index < -0.39 is 0 Å². The largest absolute Gasteiger partial charge is 0.393 e. The maximum absolute atomic E-state index is 9.68. The van der Waals surface area contributed by atoms with Gasteiger partial charge >= 0.3 is 0 Å². The normalized spacial score (nSPS) is 24.8. The molecule has 0 spiro atoms. The van der Waals surface area contributed by atoms with Gasteiger partial charge in [-0.2, -0.15) is 0 Å². The molecule has 0 aromatic carbocycles. The summed E-state index contributed by atoms with van der Waals surface area (Å²) in [5.74, 6) is 2.66. The molecule has 2 saturated carbocycles. The van der Waals surface area contributed by atoms with E-state index in [1.807, 2.05) is 18.5 Å². The van der Waals surface area contributed by atoms with Gasteiger partial charge in [0, 0.05) is 19.1 Å². The first kappa shape index (κ1) is 20.4. The number of hydrogen-bond donors (Lipinski definition) is 3. The third-order valence-electron chi connectivity index (χ3n) is 5.29. The van der Waals surface area contributed by atoms with E-state index in [-0.39, 0.29) is 30.1 Å². The predicted octanol–water partition coefficient (Wildman–Crippen LogP) is 2.02. The molecule has 1 aromatic rings. The van der Waals surface area contributed by atoms with Crippen LogP contribution in [0.4, 0.5) is 0 Å². The molecule has 2 aliphatic carbocycles. The maximum Gasteiger partial charge on any atom is 0.192 e. The molecular formula is C17H31IN6O. The smallest absolute Gasteiger partial charge is 0.192 e. The molecule has 0 bridgehead atoms. The van der Waals surface area contributed by atoms with Gasteiger partial charge in [0.2, 0.25) is 0 Å². The fraction of sp³-hybridized carbons (Fsp3) is 0.824. The summed E-state index contributed by atoms with van der Waals surface area (Å²) in [6, 6.07) is 0.911. The number of aliphatic hydroxyl groups is 1. The number of hydrogen-bond acceptors (Lipinski definition) is 4. The molecule has 0 amide bonds. The first-order valence-electron chi connectivity index (χ1n) is 9.22. The molecule has 0 atom stereocenters. The predicted molar refractivity (Wildman–Crippen MR) is 109 cm³/mol. The molecule has 0 unspecified atom stereocenters. The topological polar surface area (TPSA) is 87.4 Å². The van der Waals surface area contributed by atoms with Gasteiger partial charge in [-0.05, 0) is 45.4 Å². The summed E-state index contributed by atoms with van der Waals surface area (Å²) in [4.78, 5) is 4.75. The van der Waals surface area contributed by atoms with Gasteiger partial charge in [0.05, 0.1) is 6.10 Å². The third kappa shape index (κ3) is 5.80. The van der Waals surface area contributed by atoms with Crippen molar-refractivity contribution in [2.45, 2.75) is 83.0 Å². The molecule has 142 valence electrons. The molecule has 1 aromatic heterocycles. The SMILES string of the molecule is Cc1nnc(CN=C(NC2CCCC2)NC2CCC(O)CC2)n1C.I. The van der Waals surface area contributed by atoms with E-state index in [0.717, 1.165) is 43.3 Å². The second kappa shape index (κ2) is 9.70. The number of halogens is 1. The number of guanidine groups is 1. The van der Waals surface area contributed by atoms with E-state index >= 15 is 0 Å². The van der Waals surface area contributed by atoms with Crippen LogP contribution in [0.2, 0.25) is 0 Å². The average molecular weight is 462 g/mol. The van der Waals surface area contributed by atoms with Crippen LogP contribution in [0, 0.1) is 6.92 Å². The highest BCUT2D eigenvalue weighted by Crippen LogP contribution is 2.20. The zero-order chi connectivity index (χ0) is 16.9. The summed E-state index contributed by atoms with van der Waals surface area (Å²) >= 11 is 0. The quantitative estimate of drug-likeness (QED) is 0.362. The number of aromatic nitrogens is 3. The molecule has 7 nitrogen and oxygen atoms in total. The number of rotatable bonds is 4. The van der Waals surface area contributed by atoms with Crippen molar-refractivity contribution in [3.8, 4) is 0 Å².